The third-order valence-electron chi connectivity index (χ3n) is 5.03. The number of benzene rings is 2. The Bertz CT molecular complexity index is 967. The molecule has 0 radical (unpaired) electrons. The summed E-state index contributed by atoms with van der Waals surface area (Å²) in [6, 6.07) is 16.4. The van der Waals surface area contributed by atoms with Crippen LogP contribution in [0.25, 0.3) is 0 Å². The average molecular weight is 394 g/mol. The number of nitrogens with zero attached hydrogens (tertiary/aromatic N) is 4. The molecule has 0 unspecified atom stereocenters. The van der Waals surface area contributed by atoms with Crippen LogP contribution >= 0.6 is 11.6 Å². The second-order valence-corrected chi connectivity index (χ2v) is 7.58. The molecule has 0 amide bonds. The van der Waals surface area contributed by atoms with E-state index < -0.39 is 0 Å². The fourth-order valence-electron chi connectivity index (χ4n) is 3.43. The minimum absolute atomic E-state index is 0.703. The van der Waals surface area contributed by atoms with Crippen LogP contribution in [0.3, 0.4) is 0 Å². The van der Waals surface area contributed by atoms with Gasteiger partial charge in [-0.2, -0.15) is 4.98 Å². The Labute approximate surface area is 171 Å². The van der Waals surface area contributed by atoms with Gasteiger partial charge in [-0.25, -0.2) is 4.98 Å². The first kappa shape index (κ1) is 18.6. The quantitative estimate of drug-likeness (QED) is 0.688. The normalized spacial score (nSPS) is 14.2. The molecule has 2 heterocycles. The molecule has 0 aliphatic carbocycles. The van der Waals surface area contributed by atoms with E-state index in [9.17, 15) is 0 Å². The highest BCUT2D eigenvalue weighted by Gasteiger charge is 2.19. The van der Waals surface area contributed by atoms with Crippen molar-refractivity contribution in [3.8, 4) is 0 Å². The molecule has 0 saturated carbocycles. The van der Waals surface area contributed by atoms with Crippen LogP contribution in [0, 0.1) is 13.8 Å². The summed E-state index contributed by atoms with van der Waals surface area (Å²) in [5.41, 5.74) is 4.66. The first-order chi connectivity index (χ1) is 13.6. The van der Waals surface area contributed by atoms with E-state index in [1.165, 1.54) is 11.3 Å². The number of rotatable bonds is 4. The summed E-state index contributed by atoms with van der Waals surface area (Å²) in [5.74, 6) is 1.53. The highest BCUT2D eigenvalue weighted by molar-refractivity contribution is 6.30. The van der Waals surface area contributed by atoms with Gasteiger partial charge in [0.25, 0.3) is 0 Å². The molecule has 6 heteroatoms. The predicted octanol–water partition coefficient (Wildman–Crippen LogP) is 4.82. The summed E-state index contributed by atoms with van der Waals surface area (Å²) >= 11 is 6.12. The average Bonchev–Trinajstić information content (AvgIpc) is 2.71. The molecule has 1 saturated heterocycles. The van der Waals surface area contributed by atoms with Gasteiger partial charge in [0.2, 0.25) is 5.95 Å². The number of hydrogen-bond acceptors (Lipinski definition) is 5. The molecule has 4 rings (SSSR count). The van der Waals surface area contributed by atoms with Crippen LogP contribution in [-0.2, 0) is 0 Å². The van der Waals surface area contributed by atoms with E-state index in [1.54, 1.807) is 6.20 Å². The highest BCUT2D eigenvalue weighted by atomic mass is 35.5. The highest BCUT2D eigenvalue weighted by Crippen LogP contribution is 2.24. The van der Waals surface area contributed by atoms with Crippen LogP contribution in [0.4, 0.5) is 23.1 Å². The van der Waals surface area contributed by atoms with Gasteiger partial charge < -0.3 is 15.1 Å². The fourth-order valence-corrected chi connectivity index (χ4v) is 3.60. The third-order valence-corrected chi connectivity index (χ3v) is 5.27. The van der Waals surface area contributed by atoms with Gasteiger partial charge in [-0.15, -0.1) is 0 Å². The second-order valence-electron chi connectivity index (χ2n) is 7.14. The van der Waals surface area contributed by atoms with Crippen LogP contribution in [-0.4, -0.2) is 36.1 Å². The molecule has 2 aromatic carbocycles. The number of aromatic nitrogens is 2. The van der Waals surface area contributed by atoms with Gasteiger partial charge in [-0.1, -0.05) is 29.8 Å². The fraction of sp³-hybridized carbons (Fsp3) is 0.273. The van der Waals surface area contributed by atoms with Crippen LogP contribution in [0.15, 0.2) is 54.7 Å². The van der Waals surface area contributed by atoms with E-state index in [0.29, 0.717) is 5.02 Å². The predicted molar refractivity (Wildman–Crippen MR) is 117 cm³/mol. The molecular formula is C22H24ClN5. The third kappa shape index (κ3) is 4.20. The summed E-state index contributed by atoms with van der Waals surface area (Å²) in [6.07, 6.45) is 1.80. The van der Waals surface area contributed by atoms with Crippen molar-refractivity contribution in [2.24, 2.45) is 0 Å². The molecule has 0 spiro atoms. The molecule has 0 bridgehead atoms. The standard InChI is InChI=1S/C22H24ClN5/c1-16-4-3-5-19(14-16)27-10-12-28(13-11-27)22-24-9-8-21(26-22)25-20-15-18(23)7-6-17(20)2/h3-9,14-15H,10-13H2,1-2H3,(H,24,25,26). The van der Waals surface area contributed by atoms with Crippen LogP contribution in [0.2, 0.25) is 5.02 Å². The summed E-state index contributed by atoms with van der Waals surface area (Å²) in [7, 11) is 0. The van der Waals surface area contributed by atoms with Crippen LogP contribution in [0.1, 0.15) is 11.1 Å². The molecular weight excluding hydrogens is 370 g/mol. The molecule has 1 aliphatic heterocycles. The molecule has 1 aliphatic rings. The number of aryl methyl sites for hydroxylation is 2. The number of piperazine rings is 1. The van der Waals surface area contributed by atoms with Crippen molar-refractivity contribution in [3.05, 3.63) is 70.9 Å². The van der Waals surface area contributed by atoms with Crippen molar-refractivity contribution in [1.82, 2.24) is 9.97 Å². The Morgan fingerprint density at radius 2 is 1.71 bits per heavy atom. The van der Waals surface area contributed by atoms with E-state index in [-0.39, 0.29) is 0 Å². The van der Waals surface area contributed by atoms with E-state index in [1.807, 2.05) is 31.2 Å². The summed E-state index contributed by atoms with van der Waals surface area (Å²) in [5, 5.41) is 4.06. The molecule has 28 heavy (non-hydrogen) atoms. The molecule has 5 nitrogen and oxygen atoms in total. The zero-order chi connectivity index (χ0) is 19.5. The Hall–Kier alpha value is -2.79. The molecule has 3 aromatic rings. The monoisotopic (exact) mass is 393 g/mol. The first-order valence-electron chi connectivity index (χ1n) is 9.51. The summed E-state index contributed by atoms with van der Waals surface area (Å²) in [6.45, 7) is 7.88. The molecule has 1 N–H and O–H groups in total. The molecule has 0 atom stereocenters. The van der Waals surface area contributed by atoms with Crippen molar-refractivity contribution >= 4 is 34.7 Å². The largest absolute Gasteiger partial charge is 0.368 e. The number of nitrogens with one attached hydrogen (secondary N) is 1. The number of anilines is 4. The topological polar surface area (TPSA) is 44.3 Å². The Morgan fingerprint density at radius 1 is 0.929 bits per heavy atom. The van der Waals surface area contributed by atoms with Crippen molar-refractivity contribution < 1.29 is 0 Å². The minimum Gasteiger partial charge on any atom is -0.368 e. The van der Waals surface area contributed by atoms with Crippen LogP contribution in [0.5, 0.6) is 0 Å². The zero-order valence-corrected chi connectivity index (χ0v) is 16.9. The Balaban J connectivity index is 1.44. The van der Waals surface area contributed by atoms with Gasteiger partial charge >= 0.3 is 0 Å². The summed E-state index contributed by atoms with van der Waals surface area (Å²) < 4.78 is 0. The second kappa shape index (κ2) is 8.07. The maximum absolute atomic E-state index is 6.12. The van der Waals surface area contributed by atoms with Gasteiger partial charge in [0.15, 0.2) is 0 Å². The minimum atomic E-state index is 0.703. The van der Waals surface area contributed by atoms with E-state index in [0.717, 1.165) is 49.2 Å². The lowest BCUT2D eigenvalue weighted by Crippen LogP contribution is -2.47. The lowest BCUT2D eigenvalue weighted by Gasteiger charge is -2.36. The molecule has 144 valence electrons. The van der Waals surface area contributed by atoms with Crippen molar-refractivity contribution in [1.29, 1.82) is 0 Å². The number of hydrogen-bond donors (Lipinski definition) is 1. The van der Waals surface area contributed by atoms with Gasteiger partial charge in [-0.3, -0.25) is 0 Å². The van der Waals surface area contributed by atoms with Crippen molar-refractivity contribution in [3.63, 3.8) is 0 Å². The van der Waals surface area contributed by atoms with Crippen molar-refractivity contribution in [2.45, 2.75) is 13.8 Å². The van der Waals surface area contributed by atoms with E-state index >= 15 is 0 Å². The molecule has 1 fully saturated rings. The first-order valence-corrected chi connectivity index (χ1v) is 9.89. The SMILES string of the molecule is Cc1cccc(N2CCN(c3nccc(Nc4cc(Cl)ccc4C)n3)CC2)c1. The Kier molecular flexibility index (Phi) is 5.35. The van der Waals surface area contributed by atoms with Crippen molar-refractivity contribution in [2.75, 3.05) is 41.3 Å². The summed E-state index contributed by atoms with van der Waals surface area (Å²) in [4.78, 5) is 13.9. The zero-order valence-electron chi connectivity index (χ0n) is 16.2. The lowest BCUT2D eigenvalue weighted by atomic mass is 10.2. The maximum atomic E-state index is 6.12. The Morgan fingerprint density at radius 3 is 2.50 bits per heavy atom. The van der Waals surface area contributed by atoms with Gasteiger partial charge in [-0.05, 0) is 55.3 Å². The van der Waals surface area contributed by atoms with Gasteiger partial charge in [0.1, 0.15) is 5.82 Å². The van der Waals surface area contributed by atoms with E-state index in [4.69, 9.17) is 16.6 Å². The smallest absolute Gasteiger partial charge is 0.227 e. The van der Waals surface area contributed by atoms with Crippen LogP contribution < -0.4 is 15.1 Å². The van der Waals surface area contributed by atoms with E-state index in [2.05, 4.69) is 51.3 Å². The van der Waals surface area contributed by atoms with Gasteiger partial charge in [0, 0.05) is 48.8 Å². The van der Waals surface area contributed by atoms with Gasteiger partial charge in [0.05, 0.1) is 0 Å². The maximum Gasteiger partial charge on any atom is 0.227 e. The lowest BCUT2D eigenvalue weighted by molar-refractivity contribution is 0.640. The number of halogens is 1. The molecule has 1 aromatic heterocycles.